The lowest BCUT2D eigenvalue weighted by Gasteiger charge is -2.09. The van der Waals surface area contributed by atoms with E-state index >= 15 is 0 Å². The average molecular weight is 387 g/mol. The Morgan fingerprint density at radius 3 is 2.86 bits per heavy atom. The number of nitrogens with two attached hydrogens (primary N) is 1. The van der Waals surface area contributed by atoms with Crippen LogP contribution in [0.15, 0.2) is 34.2 Å². The van der Waals surface area contributed by atoms with Crippen molar-refractivity contribution in [3.05, 3.63) is 39.0 Å². The molecule has 2 heterocycles. The third-order valence-electron chi connectivity index (χ3n) is 3.14. The van der Waals surface area contributed by atoms with Crippen LogP contribution in [-0.4, -0.2) is 26.1 Å². The number of rotatable bonds is 2. The predicted molar refractivity (Wildman–Crippen MR) is 88.1 cm³/mol. The number of nitrogens with one attached hydrogen (secondary N) is 1. The molecular weight excluding hydrogens is 376 g/mol. The zero-order chi connectivity index (χ0) is 15.2. The number of amides is 1. The standard InChI is InChI=1S/C13H11BrN2O3S2/c14-7-1-2-10-9(5-7)11(15)12(20-10)13(17)16-8-3-4-21(18,19)6-8/h1-5,8H,6,15H2,(H,16,17). The highest BCUT2D eigenvalue weighted by Crippen LogP contribution is 2.35. The molecule has 2 aromatic rings. The Morgan fingerprint density at radius 2 is 2.19 bits per heavy atom. The number of hydrogen-bond acceptors (Lipinski definition) is 5. The van der Waals surface area contributed by atoms with Crippen molar-refractivity contribution in [3.8, 4) is 0 Å². The molecule has 3 N–H and O–H groups in total. The number of hydrogen-bond donors (Lipinski definition) is 2. The minimum atomic E-state index is -3.19. The Kier molecular flexibility index (Phi) is 3.54. The first-order valence-electron chi connectivity index (χ1n) is 6.05. The summed E-state index contributed by atoms with van der Waals surface area (Å²) >= 11 is 4.66. The second-order valence-electron chi connectivity index (χ2n) is 4.72. The third-order valence-corrected chi connectivity index (χ3v) is 6.22. The summed E-state index contributed by atoms with van der Waals surface area (Å²) in [6, 6.07) is 5.13. The summed E-state index contributed by atoms with van der Waals surface area (Å²) in [7, 11) is -3.19. The zero-order valence-corrected chi connectivity index (χ0v) is 13.9. The lowest BCUT2D eigenvalue weighted by molar-refractivity contribution is 0.0952. The molecule has 5 nitrogen and oxygen atoms in total. The molecule has 3 rings (SSSR count). The van der Waals surface area contributed by atoms with Crippen molar-refractivity contribution in [2.45, 2.75) is 6.04 Å². The molecule has 1 aromatic heterocycles. The van der Waals surface area contributed by atoms with Crippen LogP contribution in [0.25, 0.3) is 10.1 Å². The van der Waals surface area contributed by atoms with Gasteiger partial charge in [-0.3, -0.25) is 4.79 Å². The fraction of sp³-hybridized carbons (Fsp3) is 0.154. The van der Waals surface area contributed by atoms with Gasteiger partial charge in [0.2, 0.25) is 0 Å². The molecule has 1 aromatic carbocycles. The first kappa shape index (κ1) is 14.6. The van der Waals surface area contributed by atoms with Crippen molar-refractivity contribution in [3.63, 3.8) is 0 Å². The molecule has 0 saturated carbocycles. The number of benzene rings is 1. The van der Waals surface area contributed by atoms with E-state index in [1.165, 1.54) is 17.4 Å². The number of sulfone groups is 1. The van der Waals surface area contributed by atoms with Crippen LogP contribution in [0.2, 0.25) is 0 Å². The highest BCUT2D eigenvalue weighted by molar-refractivity contribution is 9.10. The summed E-state index contributed by atoms with van der Waals surface area (Å²) in [5.74, 6) is -0.452. The first-order valence-corrected chi connectivity index (χ1v) is 9.37. The van der Waals surface area contributed by atoms with E-state index in [-0.39, 0.29) is 11.7 Å². The number of fused-ring (bicyclic) bond motifs is 1. The molecule has 0 radical (unpaired) electrons. The molecule has 0 saturated heterocycles. The molecule has 1 aliphatic heterocycles. The summed E-state index contributed by atoms with van der Waals surface area (Å²) in [4.78, 5) is 12.7. The maximum absolute atomic E-state index is 12.3. The van der Waals surface area contributed by atoms with E-state index in [1.807, 2.05) is 18.2 Å². The van der Waals surface area contributed by atoms with E-state index in [4.69, 9.17) is 5.73 Å². The summed E-state index contributed by atoms with van der Waals surface area (Å²) < 4.78 is 24.5. The van der Waals surface area contributed by atoms with Gasteiger partial charge in [0.1, 0.15) is 4.88 Å². The fourth-order valence-electron chi connectivity index (χ4n) is 2.16. The Labute approximate surface area is 133 Å². The summed E-state index contributed by atoms with van der Waals surface area (Å²) in [5.41, 5.74) is 6.44. The molecule has 0 aliphatic carbocycles. The van der Waals surface area contributed by atoms with Gasteiger partial charge in [0.25, 0.3) is 5.91 Å². The molecular formula is C13H11BrN2O3S2. The van der Waals surface area contributed by atoms with Crippen LogP contribution in [0.1, 0.15) is 9.67 Å². The van der Waals surface area contributed by atoms with Gasteiger partial charge in [0.15, 0.2) is 9.84 Å². The van der Waals surface area contributed by atoms with Crippen LogP contribution in [-0.2, 0) is 9.84 Å². The van der Waals surface area contributed by atoms with Crippen LogP contribution in [0.4, 0.5) is 5.69 Å². The SMILES string of the molecule is Nc1c(C(=O)NC2C=CS(=O)(=O)C2)sc2ccc(Br)cc12. The minimum Gasteiger partial charge on any atom is -0.397 e. The number of carbonyl (C=O) groups excluding carboxylic acids is 1. The topological polar surface area (TPSA) is 89.3 Å². The highest BCUT2D eigenvalue weighted by atomic mass is 79.9. The van der Waals surface area contributed by atoms with E-state index in [1.54, 1.807) is 0 Å². The molecule has 1 aliphatic rings. The van der Waals surface area contributed by atoms with Crippen LogP contribution in [0.3, 0.4) is 0 Å². The van der Waals surface area contributed by atoms with Crippen molar-refractivity contribution >= 4 is 58.8 Å². The van der Waals surface area contributed by atoms with Crippen LogP contribution in [0.5, 0.6) is 0 Å². The zero-order valence-electron chi connectivity index (χ0n) is 10.7. The van der Waals surface area contributed by atoms with E-state index < -0.39 is 15.9 Å². The normalized spacial score (nSPS) is 20.0. The average Bonchev–Trinajstić information content (AvgIpc) is 2.90. The lowest BCUT2D eigenvalue weighted by Crippen LogP contribution is -2.35. The maximum atomic E-state index is 12.3. The van der Waals surface area contributed by atoms with Crippen molar-refractivity contribution < 1.29 is 13.2 Å². The molecule has 0 spiro atoms. The summed E-state index contributed by atoms with van der Waals surface area (Å²) in [6.45, 7) is 0. The molecule has 21 heavy (non-hydrogen) atoms. The molecule has 1 unspecified atom stereocenters. The van der Waals surface area contributed by atoms with Gasteiger partial charge >= 0.3 is 0 Å². The van der Waals surface area contributed by atoms with E-state index in [0.717, 1.165) is 20.0 Å². The second kappa shape index (κ2) is 5.11. The fourth-order valence-corrected chi connectivity index (χ4v) is 4.76. The lowest BCUT2D eigenvalue weighted by atomic mass is 10.2. The van der Waals surface area contributed by atoms with Crippen molar-refractivity contribution in [2.24, 2.45) is 0 Å². The maximum Gasteiger partial charge on any atom is 0.264 e. The third kappa shape index (κ3) is 2.83. The molecule has 110 valence electrons. The second-order valence-corrected chi connectivity index (χ2v) is 8.62. The van der Waals surface area contributed by atoms with E-state index in [9.17, 15) is 13.2 Å². The molecule has 1 atom stereocenters. The predicted octanol–water partition coefficient (Wildman–Crippen LogP) is 2.29. The van der Waals surface area contributed by atoms with Crippen LogP contribution >= 0.6 is 27.3 Å². The highest BCUT2D eigenvalue weighted by Gasteiger charge is 2.25. The number of nitrogen functional groups attached to an aromatic ring is 1. The Balaban J connectivity index is 1.89. The summed E-state index contributed by atoms with van der Waals surface area (Å²) in [5, 5.41) is 4.62. The van der Waals surface area contributed by atoms with E-state index in [0.29, 0.717) is 10.6 Å². The molecule has 8 heteroatoms. The Bertz CT molecular complexity index is 871. The smallest absolute Gasteiger partial charge is 0.264 e. The number of halogens is 1. The van der Waals surface area contributed by atoms with Gasteiger partial charge < -0.3 is 11.1 Å². The van der Waals surface area contributed by atoms with E-state index in [2.05, 4.69) is 21.2 Å². The number of carbonyl (C=O) groups is 1. The van der Waals surface area contributed by atoms with Gasteiger partial charge in [0, 0.05) is 20.0 Å². The van der Waals surface area contributed by atoms with Gasteiger partial charge in [-0.1, -0.05) is 15.9 Å². The molecule has 0 bridgehead atoms. The largest absolute Gasteiger partial charge is 0.397 e. The Hall–Kier alpha value is -1.38. The first-order chi connectivity index (χ1) is 9.85. The monoisotopic (exact) mass is 386 g/mol. The van der Waals surface area contributed by atoms with Gasteiger partial charge in [-0.2, -0.15) is 0 Å². The minimum absolute atomic E-state index is 0.102. The quantitative estimate of drug-likeness (QED) is 0.828. The van der Waals surface area contributed by atoms with Gasteiger partial charge in [-0.15, -0.1) is 11.3 Å². The van der Waals surface area contributed by atoms with Crippen LogP contribution in [0, 0.1) is 0 Å². The van der Waals surface area contributed by atoms with Gasteiger partial charge in [-0.25, -0.2) is 8.42 Å². The molecule has 0 fully saturated rings. The van der Waals surface area contributed by atoms with Gasteiger partial charge in [-0.05, 0) is 24.3 Å². The van der Waals surface area contributed by atoms with Crippen molar-refractivity contribution in [1.29, 1.82) is 0 Å². The van der Waals surface area contributed by atoms with Gasteiger partial charge in [0.05, 0.1) is 17.5 Å². The molecule has 1 amide bonds. The number of thiophene rings is 1. The van der Waals surface area contributed by atoms with Crippen LogP contribution < -0.4 is 11.1 Å². The number of anilines is 1. The summed E-state index contributed by atoms with van der Waals surface area (Å²) in [6.07, 6.45) is 1.48. The Morgan fingerprint density at radius 1 is 1.43 bits per heavy atom. The van der Waals surface area contributed by atoms with Crippen molar-refractivity contribution in [1.82, 2.24) is 5.32 Å². The van der Waals surface area contributed by atoms with Crippen molar-refractivity contribution in [2.75, 3.05) is 11.5 Å².